The molecule has 0 bridgehead atoms. The first-order valence-electron chi connectivity index (χ1n) is 5.95. The zero-order valence-electron chi connectivity index (χ0n) is 10.9. The van der Waals surface area contributed by atoms with E-state index in [1.54, 1.807) is 7.11 Å². The summed E-state index contributed by atoms with van der Waals surface area (Å²) in [5, 5.41) is 0.719. The second-order valence-corrected chi connectivity index (χ2v) is 4.60. The van der Waals surface area contributed by atoms with Gasteiger partial charge in [-0.05, 0) is 36.8 Å². The number of nitrogens with two attached hydrogens (primary N) is 1. The molecule has 4 heteroatoms. The molecule has 0 spiro atoms. The highest BCUT2D eigenvalue weighted by atomic mass is 35.5. The fraction of sp³-hybridized carbons (Fsp3) is 0.200. The highest BCUT2D eigenvalue weighted by molar-refractivity contribution is 6.31. The van der Waals surface area contributed by atoms with Crippen LogP contribution in [0.5, 0.6) is 17.2 Å². The van der Waals surface area contributed by atoms with Gasteiger partial charge in [0.05, 0.1) is 7.11 Å². The van der Waals surface area contributed by atoms with E-state index in [2.05, 4.69) is 0 Å². The molecule has 0 aliphatic carbocycles. The molecule has 0 fully saturated rings. The molecule has 2 N–H and O–H groups in total. The van der Waals surface area contributed by atoms with E-state index in [0.717, 1.165) is 27.6 Å². The summed E-state index contributed by atoms with van der Waals surface area (Å²) in [6.07, 6.45) is 0. The molecular weight excluding hydrogens is 262 g/mol. The summed E-state index contributed by atoms with van der Waals surface area (Å²) in [5.41, 5.74) is 7.60. The number of rotatable bonds is 4. The minimum Gasteiger partial charge on any atom is -0.497 e. The van der Waals surface area contributed by atoms with Crippen LogP contribution in [0.15, 0.2) is 36.4 Å². The lowest BCUT2D eigenvalue weighted by Crippen LogP contribution is -2.00. The van der Waals surface area contributed by atoms with Crippen molar-refractivity contribution in [1.29, 1.82) is 0 Å². The Morgan fingerprint density at radius 2 is 1.84 bits per heavy atom. The number of hydrogen-bond donors (Lipinski definition) is 1. The van der Waals surface area contributed by atoms with Crippen LogP contribution in [0.2, 0.25) is 5.02 Å². The maximum absolute atomic E-state index is 5.99. The molecule has 0 aliphatic rings. The molecule has 0 aromatic heterocycles. The maximum Gasteiger partial charge on any atom is 0.135 e. The van der Waals surface area contributed by atoms with Gasteiger partial charge in [-0.25, -0.2) is 0 Å². The van der Waals surface area contributed by atoms with Gasteiger partial charge in [0.15, 0.2) is 0 Å². The smallest absolute Gasteiger partial charge is 0.135 e. The van der Waals surface area contributed by atoms with E-state index in [4.69, 9.17) is 26.8 Å². The topological polar surface area (TPSA) is 44.5 Å². The molecule has 3 nitrogen and oxygen atoms in total. The average molecular weight is 278 g/mol. The minimum atomic E-state index is 0.409. The van der Waals surface area contributed by atoms with E-state index >= 15 is 0 Å². The highest BCUT2D eigenvalue weighted by Gasteiger charge is 2.07. The van der Waals surface area contributed by atoms with E-state index in [0.29, 0.717) is 12.3 Å². The third-order valence-electron chi connectivity index (χ3n) is 2.85. The second-order valence-electron chi connectivity index (χ2n) is 4.19. The van der Waals surface area contributed by atoms with Crippen LogP contribution in [-0.4, -0.2) is 7.11 Å². The first-order chi connectivity index (χ1) is 9.13. The van der Waals surface area contributed by atoms with Crippen molar-refractivity contribution in [2.24, 2.45) is 5.73 Å². The zero-order valence-corrected chi connectivity index (χ0v) is 11.7. The summed E-state index contributed by atoms with van der Waals surface area (Å²) in [4.78, 5) is 0. The van der Waals surface area contributed by atoms with Crippen molar-refractivity contribution in [2.45, 2.75) is 13.5 Å². The summed E-state index contributed by atoms with van der Waals surface area (Å²) >= 11 is 5.99. The molecule has 0 aliphatic heterocycles. The van der Waals surface area contributed by atoms with Crippen LogP contribution in [0.3, 0.4) is 0 Å². The van der Waals surface area contributed by atoms with Crippen molar-refractivity contribution >= 4 is 11.6 Å². The lowest BCUT2D eigenvalue weighted by molar-refractivity contribution is 0.408. The zero-order chi connectivity index (χ0) is 13.8. The number of aryl methyl sites for hydroxylation is 1. The van der Waals surface area contributed by atoms with Gasteiger partial charge in [-0.2, -0.15) is 0 Å². The summed E-state index contributed by atoms with van der Waals surface area (Å²) < 4.78 is 11.1. The van der Waals surface area contributed by atoms with Gasteiger partial charge in [-0.3, -0.25) is 0 Å². The SMILES string of the molecule is COc1ccc(CN)c(Oc2ccc(Cl)c(C)c2)c1. The van der Waals surface area contributed by atoms with Crippen molar-refractivity contribution in [3.05, 3.63) is 52.5 Å². The predicted octanol–water partition coefficient (Wildman–Crippen LogP) is 3.91. The molecule has 0 radical (unpaired) electrons. The molecule has 2 aromatic rings. The van der Waals surface area contributed by atoms with E-state index < -0.39 is 0 Å². The molecule has 0 unspecified atom stereocenters. The van der Waals surface area contributed by atoms with Crippen molar-refractivity contribution < 1.29 is 9.47 Å². The van der Waals surface area contributed by atoms with Crippen LogP contribution in [-0.2, 0) is 6.54 Å². The van der Waals surface area contributed by atoms with Crippen LogP contribution < -0.4 is 15.2 Å². The number of methoxy groups -OCH3 is 1. The number of benzene rings is 2. The monoisotopic (exact) mass is 277 g/mol. The molecule has 19 heavy (non-hydrogen) atoms. The first-order valence-corrected chi connectivity index (χ1v) is 6.33. The molecule has 0 amide bonds. The molecule has 0 heterocycles. The average Bonchev–Trinajstić information content (AvgIpc) is 2.43. The molecular formula is C15H16ClNO2. The molecule has 0 atom stereocenters. The van der Waals surface area contributed by atoms with Crippen molar-refractivity contribution in [1.82, 2.24) is 0 Å². The van der Waals surface area contributed by atoms with Gasteiger partial charge in [0, 0.05) is 23.2 Å². The summed E-state index contributed by atoms with van der Waals surface area (Å²) in [5.74, 6) is 2.16. The number of hydrogen-bond acceptors (Lipinski definition) is 3. The Morgan fingerprint density at radius 1 is 1.11 bits per heavy atom. The Bertz CT molecular complexity index is 584. The van der Waals surface area contributed by atoms with E-state index in [1.165, 1.54) is 0 Å². The van der Waals surface area contributed by atoms with Crippen LogP contribution in [0.4, 0.5) is 0 Å². The first kappa shape index (κ1) is 13.7. The third kappa shape index (κ3) is 3.19. The van der Waals surface area contributed by atoms with E-state index in [1.807, 2.05) is 43.3 Å². The van der Waals surface area contributed by atoms with Gasteiger partial charge in [0.1, 0.15) is 17.2 Å². The largest absolute Gasteiger partial charge is 0.497 e. The van der Waals surface area contributed by atoms with Crippen LogP contribution >= 0.6 is 11.6 Å². The van der Waals surface area contributed by atoms with Gasteiger partial charge < -0.3 is 15.2 Å². The highest BCUT2D eigenvalue weighted by Crippen LogP contribution is 2.31. The lowest BCUT2D eigenvalue weighted by atomic mass is 10.2. The Hall–Kier alpha value is -1.71. The number of ether oxygens (including phenoxy) is 2. The van der Waals surface area contributed by atoms with Crippen molar-refractivity contribution in [3.8, 4) is 17.2 Å². The van der Waals surface area contributed by atoms with E-state index in [9.17, 15) is 0 Å². The summed E-state index contributed by atoms with van der Waals surface area (Å²) in [7, 11) is 1.62. The predicted molar refractivity (Wildman–Crippen MR) is 77.1 cm³/mol. The van der Waals surface area contributed by atoms with E-state index in [-0.39, 0.29) is 0 Å². The van der Waals surface area contributed by atoms with Gasteiger partial charge in [0.25, 0.3) is 0 Å². The molecule has 0 saturated carbocycles. The van der Waals surface area contributed by atoms with Gasteiger partial charge in [-0.1, -0.05) is 17.7 Å². The lowest BCUT2D eigenvalue weighted by Gasteiger charge is -2.12. The fourth-order valence-electron chi connectivity index (χ4n) is 1.73. The van der Waals surface area contributed by atoms with Gasteiger partial charge in [-0.15, -0.1) is 0 Å². The van der Waals surface area contributed by atoms with Crippen molar-refractivity contribution in [2.75, 3.05) is 7.11 Å². The molecule has 0 saturated heterocycles. The van der Waals surface area contributed by atoms with Crippen LogP contribution in [0.1, 0.15) is 11.1 Å². The molecule has 100 valence electrons. The Morgan fingerprint density at radius 3 is 2.47 bits per heavy atom. The normalized spacial score (nSPS) is 10.3. The standard InChI is InChI=1S/C15H16ClNO2/c1-10-7-13(5-6-14(10)16)19-15-8-12(18-2)4-3-11(15)9-17/h3-8H,9,17H2,1-2H3. The summed E-state index contributed by atoms with van der Waals surface area (Å²) in [6.45, 7) is 2.34. The molecule has 2 aromatic carbocycles. The van der Waals surface area contributed by atoms with Crippen molar-refractivity contribution in [3.63, 3.8) is 0 Å². The van der Waals surface area contributed by atoms with Gasteiger partial charge >= 0.3 is 0 Å². The van der Waals surface area contributed by atoms with Crippen LogP contribution in [0, 0.1) is 6.92 Å². The number of halogens is 1. The Balaban J connectivity index is 2.33. The quantitative estimate of drug-likeness (QED) is 0.921. The Labute approximate surface area is 117 Å². The van der Waals surface area contributed by atoms with Gasteiger partial charge in [0.2, 0.25) is 0 Å². The molecule has 2 rings (SSSR count). The van der Waals surface area contributed by atoms with Crippen LogP contribution in [0.25, 0.3) is 0 Å². The Kier molecular flexibility index (Phi) is 4.30. The fourth-order valence-corrected chi connectivity index (χ4v) is 1.85. The summed E-state index contributed by atoms with van der Waals surface area (Å²) in [6, 6.07) is 11.1. The maximum atomic E-state index is 5.99. The minimum absolute atomic E-state index is 0.409. The third-order valence-corrected chi connectivity index (χ3v) is 3.28. The second kappa shape index (κ2) is 5.95.